The Morgan fingerprint density at radius 3 is 2.37 bits per heavy atom. The monoisotopic (exact) mass is 387 g/mol. The molecule has 2 aromatic rings. The summed E-state index contributed by atoms with van der Waals surface area (Å²) in [5, 5.41) is 2.44. The van der Waals surface area contributed by atoms with Crippen molar-refractivity contribution in [1.82, 2.24) is 16.2 Å². The Morgan fingerprint density at radius 2 is 1.67 bits per heavy atom. The molecule has 0 aliphatic carbocycles. The van der Waals surface area contributed by atoms with Gasteiger partial charge in [-0.2, -0.15) is 0 Å². The average Bonchev–Trinajstić information content (AvgIpc) is 2.65. The van der Waals surface area contributed by atoms with E-state index in [2.05, 4.69) is 16.2 Å². The zero-order chi connectivity index (χ0) is 19.6. The molecule has 0 saturated heterocycles. The van der Waals surface area contributed by atoms with E-state index in [1.54, 1.807) is 48.5 Å². The third-order valence-electron chi connectivity index (χ3n) is 3.15. The number of hydrazine groups is 1. The van der Waals surface area contributed by atoms with Gasteiger partial charge in [-0.25, -0.2) is 0 Å². The van der Waals surface area contributed by atoms with Gasteiger partial charge in [0, 0.05) is 0 Å². The summed E-state index contributed by atoms with van der Waals surface area (Å²) in [6, 6.07) is 15.8. The molecule has 142 valence electrons. The molecule has 0 heterocycles. The normalized spacial score (nSPS) is 10.0. The van der Waals surface area contributed by atoms with Crippen molar-refractivity contribution in [1.29, 1.82) is 0 Å². The predicted molar refractivity (Wildman–Crippen MR) is 105 cm³/mol. The van der Waals surface area contributed by atoms with Crippen LogP contribution in [0.2, 0.25) is 0 Å². The van der Waals surface area contributed by atoms with Gasteiger partial charge in [-0.05, 0) is 50.3 Å². The van der Waals surface area contributed by atoms with E-state index in [0.717, 1.165) is 0 Å². The molecule has 27 heavy (non-hydrogen) atoms. The van der Waals surface area contributed by atoms with Crippen LogP contribution in [0.25, 0.3) is 0 Å². The Morgan fingerprint density at radius 1 is 1.00 bits per heavy atom. The first-order valence-corrected chi connectivity index (χ1v) is 8.70. The fourth-order valence-corrected chi connectivity index (χ4v) is 2.18. The van der Waals surface area contributed by atoms with Crippen LogP contribution in [0.5, 0.6) is 11.5 Å². The Hall–Kier alpha value is -3.13. The molecule has 7 nitrogen and oxygen atoms in total. The highest BCUT2D eigenvalue weighted by molar-refractivity contribution is 7.80. The highest BCUT2D eigenvalue weighted by Gasteiger charge is 2.14. The second-order valence-electron chi connectivity index (χ2n) is 5.72. The van der Waals surface area contributed by atoms with Gasteiger partial charge in [-0.1, -0.05) is 30.3 Å². The van der Waals surface area contributed by atoms with E-state index in [1.165, 1.54) is 0 Å². The maximum Gasteiger partial charge on any atom is 0.276 e. The van der Waals surface area contributed by atoms with Gasteiger partial charge in [0.2, 0.25) is 0 Å². The maximum absolute atomic E-state index is 12.4. The van der Waals surface area contributed by atoms with Gasteiger partial charge >= 0.3 is 0 Å². The average molecular weight is 387 g/mol. The minimum atomic E-state index is -0.446. The van der Waals surface area contributed by atoms with Crippen molar-refractivity contribution in [2.45, 2.75) is 20.0 Å². The number of ether oxygens (including phenoxy) is 2. The number of nitrogens with one attached hydrogen (secondary N) is 3. The number of rotatable bonds is 6. The largest absolute Gasteiger partial charge is 0.490 e. The minimum absolute atomic E-state index is 0.0487. The van der Waals surface area contributed by atoms with Crippen molar-refractivity contribution in [3.05, 3.63) is 60.2 Å². The fraction of sp³-hybridized carbons (Fsp3) is 0.211. The molecule has 0 radical (unpaired) electrons. The molecule has 2 aromatic carbocycles. The smallest absolute Gasteiger partial charge is 0.276 e. The molecule has 0 aliphatic heterocycles. The van der Waals surface area contributed by atoms with Crippen LogP contribution in [0.1, 0.15) is 24.2 Å². The van der Waals surface area contributed by atoms with E-state index >= 15 is 0 Å². The van der Waals surface area contributed by atoms with Crippen molar-refractivity contribution < 1.29 is 19.1 Å². The van der Waals surface area contributed by atoms with E-state index in [-0.39, 0.29) is 17.8 Å². The number of carbonyl (C=O) groups is 2. The predicted octanol–water partition coefficient (Wildman–Crippen LogP) is 2.19. The zero-order valence-corrected chi connectivity index (χ0v) is 15.8. The Balaban J connectivity index is 1.80. The van der Waals surface area contributed by atoms with Gasteiger partial charge in [-0.3, -0.25) is 25.8 Å². The molecule has 2 amide bonds. The molecule has 0 unspecified atom stereocenters. The van der Waals surface area contributed by atoms with Gasteiger partial charge in [0.05, 0.1) is 11.7 Å². The Bertz CT molecular complexity index is 797. The number of hydrogen-bond donors (Lipinski definition) is 3. The molecule has 2 rings (SSSR count). The molecule has 3 N–H and O–H groups in total. The van der Waals surface area contributed by atoms with Crippen molar-refractivity contribution >= 4 is 29.1 Å². The lowest BCUT2D eigenvalue weighted by Crippen LogP contribution is -2.49. The summed E-state index contributed by atoms with van der Waals surface area (Å²) in [6.45, 7) is 3.54. The molecular weight excluding hydrogens is 366 g/mol. The number of thiocarbonyl (C=S) groups is 1. The highest BCUT2D eigenvalue weighted by Crippen LogP contribution is 2.19. The lowest BCUT2D eigenvalue weighted by molar-refractivity contribution is -0.123. The van der Waals surface area contributed by atoms with Crippen molar-refractivity contribution in [2.24, 2.45) is 0 Å². The molecule has 0 bridgehead atoms. The molecule has 0 fully saturated rings. The zero-order valence-electron chi connectivity index (χ0n) is 15.0. The number of hydrogen-bond acceptors (Lipinski definition) is 5. The molecular formula is C19H21N3O4S. The van der Waals surface area contributed by atoms with Crippen LogP contribution in [0.15, 0.2) is 54.6 Å². The summed E-state index contributed by atoms with van der Waals surface area (Å²) >= 11 is 5.02. The molecule has 0 spiro atoms. The van der Waals surface area contributed by atoms with Gasteiger partial charge < -0.3 is 9.47 Å². The second-order valence-corrected chi connectivity index (χ2v) is 6.13. The minimum Gasteiger partial charge on any atom is -0.490 e. The second kappa shape index (κ2) is 10.1. The van der Waals surface area contributed by atoms with Gasteiger partial charge in [0.1, 0.15) is 11.5 Å². The summed E-state index contributed by atoms with van der Waals surface area (Å²) in [5.41, 5.74) is 5.16. The SMILES string of the molecule is CC(C)Oc1ccccc1C(=O)NC(=S)NNC(=O)COc1ccccc1. The van der Waals surface area contributed by atoms with Crippen LogP contribution >= 0.6 is 12.2 Å². The summed E-state index contributed by atoms with van der Waals surface area (Å²) in [5.74, 6) is 0.135. The molecule has 0 aromatic heterocycles. The van der Waals surface area contributed by atoms with Crippen molar-refractivity contribution in [2.75, 3.05) is 6.61 Å². The number of amides is 2. The quantitative estimate of drug-likeness (QED) is 0.520. The summed E-state index contributed by atoms with van der Waals surface area (Å²) < 4.78 is 10.9. The van der Waals surface area contributed by atoms with Crippen LogP contribution in [-0.2, 0) is 4.79 Å². The maximum atomic E-state index is 12.4. The first-order valence-electron chi connectivity index (χ1n) is 8.29. The third-order valence-corrected chi connectivity index (χ3v) is 3.35. The first-order chi connectivity index (χ1) is 13.0. The van der Waals surface area contributed by atoms with E-state index < -0.39 is 11.8 Å². The van der Waals surface area contributed by atoms with Crippen LogP contribution in [-0.4, -0.2) is 29.6 Å². The molecule has 0 atom stereocenters. The van der Waals surface area contributed by atoms with Crippen LogP contribution in [0, 0.1) is 0 Å². The molecule has 0 saturated carbocycles. The Labute approximate surface area is 163 Å². The highest BCUT2D eigenvalue weighted by atomic mass is 32.1. The van der Waals surface area contributed by atoms with Crippen LogP contribution < -0.4 is 25.6 Å². The van der Waals surface area contributed by atoms with Gasteiger partial charge in [0.15, 0.2) is 11.7 Å². The van der Waals surface area contributed by atoms with Crippen LogP contribution in [0.3, 0.4) is 0 Å². The van der Waals surface area contributed by atoms with E-state index in [1.807, 2.05) is 19.9 Å². The first kappa shape index (κ1) is 20.2. The molecule has 0 aliphatic rings. The number of carbonyl (C=O) groups excluding carboxylic acids is 2. The van der Waals surface area contributed by atoms with E-state index in [0.29, 0.717) is 17.1 Å². The summed E-state index contributed by atoms with van der Waals surface area (Å²) in [7, 11) is 0. The third kappa shape index (κ3) is 6.95. The standard InChI is InChI=1S/C19H21N3O4S/c1-13(2)26-16-11-7-6-10-15(16)18(24)20-19(27)22-21-17(23)12-25-14-8-4-3-5-9-14/h3-11,13H,12H2,1-2H3,(H,21,23)(H2,20,22,24,27). The lowest BCUT2D eigenvalue weighted by Gasteiger charge is -2.15. The van der Waals surface area contributed by atoms with Crippen molar-refractivity contribution in [3.63, 3.8) is 0 Å². The van der Waals surface area contributed by atoms with Gasteiger partial charge in [-0.15, -0.1) is 0 Å². The van der Waals surface area contributed by atoms with Crippen LogP contribution in [0.4, 0.5) is 0 Å². The van der Waals surface area contributed by atoms with E-state index in [9.17, 15) is 9.59 Å². The summed E-state index contributed by atoms with van der Waals surface area (Å²) in [4.78, 5) is 24.1. The van der Waals surface area contributed by atoms with Gasteiger partial charge in [0.25, 0.3) is 11.8 Å². The molecule has 8 heteroatoms. The fourth-order valence-electron chi connectivity index (χ4n) is 2.04. The summed E-state index contributed by atoms with van der Waals surface area (Å²) in [6.07, 6.45) is -0.0760. The lowest BCUT2D eigenvalue weighted by atomic mass is 10.2. The van der Waals surface area contributed by atoms with E-state index in [4.69, 9.17) is 21.7 Å². The number of benzene rings is 2. The number of para-hydroxylation sites is 2. The topological polar surface area (TPSA) is 88.7 Å². The van der Waals surface area contributed by atoms with Crippen molar-refractivity contribution in [3.8, 4) is 11.5 Å². The Kier molecular flexibility index (Phi) is 7.57.